The zero-order chi connectivity index (χ0) is 10.3. The molecule has 3 nitrogen and oxygen atoms in total. The van der Waals surface area contributed by atoms with Crippen molar-refractivity contribution in [2.75, 3.05) is 5.73 Å². The Hall–Kier alpha value is -1.48. The second-order valence-electron chi connectivity index (χ2n) is 3.12. The first-order valence-corrected chi connectivity index (χ1v) is 4.46. The lowest BCUT2D eigenvalue weighted by molar-refractivity contribution is 0.607. The third kappa shape index (κ3) is 1.26. The minimum absolute atomic E-state index is 0.0373. The maximum atomic E-state index is 11.6. The number of benzene rings is 1. The summed E-state index contributed by atoms with van der Waals surface area (Å²) >= 11 is 5.64. The summed E-state index contributed by atoms with van der Waals surface area (Å²) < 4.78 is 5.17. The topological polar surface area (TPSA) is 56.2 Å². The van der Waals surface area contributed by atoms with Crippen molar-refractivity contribution in [2.24, 2.45) is 0 Å². The van der Waals surface area contributed by atoms with Gasteiger partial charge < -0.3 is 10.2 Å². The summed E-state index contributed by atoms with van der Waals surface area (Å²) in [6.45, 7) is 1.89. The van der Waals surface area contributed by atoms with Crippen molar-refractivity contribution >= 4 is 28.3 Å². The fourth-order valence-electron chi connectivity index (χ4n) is 1.30. The van der Waals surface area contributed by atoms with Gasteiger partial charge in [-0.15, -0.1) is 0 Å². The predicted molar refractivity (Wildman–Crippen MR) is 56.6 cm³/mol. The number of fused-ring (bicyclic) bond motifs is 1. The SMILES string of the molecule is Cc1ccc2oc(Cl)c(N)c(=O)c2c1. The van der Waals surface area contributed by atoms with E-state index < -0.39 is 0 Å². The van der Waals surface area contributed by atoms with E-state index in [1.54, 1.807) is 12.1 Å². The lowest BCUT2D eigenvalue weighted by atomic mass is 10.1. The van der Waals surface area contributed by atoms with Crippen molar-refractivity contribution in [1.29, 1.82) is 0 Å². The van der Waals surface area contributed by atoms with E-state index in [1.807, 2.05) is 13.0 Å². The van der Waals surface area contributed by atoms with Crippen LogP contribution in [0.1, 0.15) is 5.56 Å². The summed E-state index contributed by atoms with van der Waals surface area (Å²) in [6, 6.07) is 5.28. The van der Waals surface area contributed by atoms with Crippen molar-refractivity contribution in [2.45, 2.75) is 6.92 Å². The summed E-state index contributed by atoms with van der Waals surface area (Å²) in [5.74, 6) is 0. The van der Waals surface area contributed by atoms with E-state index in [1.165, 1.54) is 0 Å². The molecule has 2 rings (SSSR count). The van der Waals surface area contributed by atoms with Gasteiger partial charge in [-0.1, -0.05) is 11.6 Å². The van der Waals surface area contributed by atoms with Crippen molar-refractivity contribution < 1.29 is 4.42 Å². The number of aryl methyl sites for hydroxylation is 1. The molecule has 1 aromatic heterocycles. The fourth-order valence-corrected chi connectivity index (χ4v) is 1.47. The highest BCUT2D eigenvalue weighted by Gasteiger charge is 2.09. The molecule has 2 aromatic rings. The average molecular weight is 210 g/mol. The molecule has 0 amide bonds. The van der Waals surface area contributed by atoms with Crippen LogP contribution in [0, 0.1) is 6.92 Å². The van der Waals surface area contributed by atoms with Crippen LogP contribution in [0.5, 0.6) is 0 Å². The van der Waals surface area contributed by atoms with Gasteiger partial charge in [-0.25, -0.2) is 0 Å². The van der Waals surface area contributed by atoms with Gasteiger partial charge in [0.1, 0.15) is 11.3 Å². The van der Waals surface area contributed by atoms with Gasteiger partial charge in [-0.3, -0.25) is 4.79 Å². The summed E-state index contributed by atoms with van der Waals surface area (Å²) in [5, 5.41) is 0.415. The monoisotopic (exact) mass is 209 g/mol. The molecule has 14 heavy (non-hydrogen) atoms. The molecular formula is C10H8ClNO2. The maximum absolute atomic E-state index is 11.6. The highest BCUT2D eigenvalue weighted by molar-refractivity contribution is 6.31. The Morgan fingerprint density at radius 1 is 1.43 bits per heavy atom. The Balaban J connectivity index is 2.99. The van der Waals surface area contributed by atoms with Crippen molar-refractivity contribution in [3.05, 3.63) is 39.2 Å². The van der Waals surface area contributed by atoms with E-state index in [0.29, 0.717) is 11.0 Å². The second kappa shape index (κ2) is 3.03. The summed E-state index contributed by atoms with van der Waals surface area (Å²) in [4.78, 5) is 11.6. The number of halogens is 1. The van der Waals surface area contributed by atoms with Crippen molar-refractivity contribution in [3.8, 4) is 0 Å². The molecule has 72 valence electrons. The lowest BCUT2D eigenvalue weighted by Crippen LogP contribution is -2.08. The van der Waals surface area contributed by atoms with Gasteiger partial charge in [0.05, 0.1) is 5.39 Å². The van der Waals surface area contributed by atoms with Gasteiger partial charge in [-0.2, -0.15) is 0 Å². The molecule has 0 spiro atoms. The molecule has 0 atom stereocenters. The molecule has 0 fully saturated rings. The van der Waals surface area contributed by atoms with Crippen LogP contribution >= 0.6 is 11.6 Å². The number of anilines is 1. The van der Waals surface area contributed by atoms with Gasteiger partial charge in [-0.05, 0) is 30.7 Å². The van der Waals surface area contributed by atoms with Crippen LogP contribution in [0.25, 0.3) is 11.0 Å². The summed E-state index contributed by atoms with van der Waals surface area (Å²) in [7, 11) is 0. The van der Waals surface area contributed by atoms with E-state index in [-0.39, 0.29) is 16.3 Å². The average Bonchev–Trinajstić information content (AvgIpc) is 2.16. The normalized spacial score (nSPS) is 10.7. The molecule has 0 saturated carbocycles. The molecule has 0 saturated heterocycles. The number of nitrogen functional groups attached to an aromatic ring is 1. The summed E-state index contributed by atoms with van der Waals surface area (Å²) in [5.41, 5.74) is 6.58. The van der Waals surface area contributed by atoms with Gasteiger partial charge in [0.15, 0.2) is 0 Å². The number of rotatable bonds is 0. The Labute approximate surface area is 85.1 Å². The fraction of sp³-hybridized carbons (Fsp3) is 0.100. The van der Waals surface area contributed by atoms with E-state index >= 15 is 0 Å². The maximum Gasteiger partial charge on any atom is 0.220 e. The zero-order valence-corrected chi connectivity index (χ0v) is 8.26. The molecule has 0 bridgehead atoms. The quantitative estimate of drug-likeness (QED) is 0.725. The van der Waals surface area contributed by atoms with E-state index in [9.17, 15) is 4.79 Å². The van der Waals surface area contributed by atoms with Crippen LogP contribution in [-0.2, 0) is 0 Å². The first-order chi connectivity index (χ1) is 6.59. The van der Waals surface area contributed by atoms with Gasteiger partial charge >= 0.3 is 0 Å². The molecule has 2 N–H and O–H groups in total. The van der Waals surface area contributed by atoms with E-state index in [4.69, 9.17) is 21.8 Å². The van der Waals surface area contributed by atoms with Crippen LogP contribution in [0.2, 0.25) is 5.22 Å². The number of hydrogen-bond donors (Lipinski definition) is 1. The van der Waals surface area contributed by atoms with Crippen molar-refractivity contribution in [1.82, 2.24) is 0 Å². The molecule has 0 aliphatic heterocycles. The van der Waals surface area contributed by atoms with Gasteiger partial charge in [0, 0.05) is 0 Å². The Morgan fingerprint density at radius 2 is 2.14 bits per heavy atom. The molecule has 0 unspecified atom stereocenters. The first kappa shape index (κ1) is 9.09. The highest BCUT2D eigenvalue weighted by atomic mass is 35.5. The van der Waals surface area contributed by atoms with Crippen LogP contribution in [-0.4, -0.2) is 0 Å². The Kier molecular flexibility index (Phi) is 1.97. The molecule has 1 heterocycles. The first-order valence-electron chi connectivity index (χ1n) is 4.08. The Bertz CT molecular complexity index is 560. The highest BCUT2D eigenvalue weighted by Crippen LogP contribution is 2.21. The standard InChI is InChI=1S/C10H8ClNO2/c1-5-2-3-7-6(4-5)9(13)8(12)10(11)14-7/h2-4H,12H2,1H3. The van der Waals surface area contributed by atoms with Crippen LogP contribution < -0.4 is 11.2 Å². The van der Waals surface area contributed by atoms with Gasteiger partial charge in [0.25, 0.3) is 0 Å². The zero-order valence-electron chi connectivity index (χ0n) is 7.50. The number of nitrogens with two attached hydrogens (primary N) is 1. The van der Waals surface area contributed by atoms with Gasteiger partial charge in [0.2, 0.25) is 10.6 Å². The van der Waals surface area contributed by atoms with E-state index in [2.05, 4.69) is 0 Å². The van der Waals surface area contributed by atoms with Crippen molar-refractivity contribution in [3.63, 3.8) is 0 Å². The smallest absolute Gasteiger partial charge is 0.220 e. The third-order valence-electron chi connectivity index (χ3n) is 2.04. The third-order valence-corrected chi connectivity index (χ3v) is 2.32. The molecule has 0 aliphatic carbocycles. The minimum atomic E-state index is -0.278. The minimum Gasteiger partial charge on any atom is -0.442 e. The molecule has 1 aromatic carbocycles. The molecule has 0 aliphatic rings. The predicted octanol–water partition coefficient (Wildman–Crippen LogP) is 2.34. The molecular weight excluding hydrogens is 202 g/mol. The molecule has 4 heteroatoms. The largest absolute Gasteiger partial charge is 0.442 e. The second-order valence-corrected chi connectivity index (χ2v) is 3.46. The Morgan fingerprint density at radius 3 is 2.86 bits per heavy atom. The molecule has 0 radical (unpaired) electrons. The van der Waals surface area contributed by atoms with E-state index in [0.717, 1.165) is 5.56 Å². The lowest BCUT2D eigenvalue weighted by Gasteiger charge is -2.01. The van der Waals surface area contributed by atoms with Crippen LogP contribution in [0.4, 0.5) is 5.69 Å². The van der Waals surface area contributed by atoms with Crippen LogP contribution in [0.15, 0.2) is 27.4 Å². The van der Waals surface area contributed by atoms with Crippen LogP contribution in [0.3, 0.4) is 0 Å². The number of hydrogen-bond acceptors (Lipinski definition) is 3. The summed E-state index contributed by atoms with van der Waals surface area (Å²) in [6.07, 6.45) is 0.